The first-order valence-electron chi connectivity index (χ1n) is 12.0. The Bertz CT molecular complexity index is 1290. The van der Waals surface area contributed by atoms with E-state index in [1.807, 2.05) is 62.4 Å². The van der Waals surface area contributed by atoms with Crippen LogP contribution in [-0.2, 0) is 11.2 Å². The third kappa shape index (κ3) is 5.80. The number of rotatable bonds is 9. The van der Waals surface area contributed by atoms with Gasteiger partial charge in [-0.15, -0.1) is 0 Å². The van der Waals surface area contributed by atoms with E-state index in [-0.39, 0.29) is 18.4 Å². The molecule has 0 bridgehead atoms. The second kappa shape index (κ2) is 10.6. The van der Waals surface area contributed by atoms with Gasteiger partial charge in [0, 0.05) is 12.0 Å². The maximum Gasteiger partial charge on any atom is 0.303 e. The van der Waals surface area contributed by atoms with E-state index in [4.69, 9.17) is 19.2 Å². The minimum Gasteiger partial charge on any atom is -0.483 e. The number of nitrogens with zero attached hydrogens (tertiary/aromatic N) is 1. The molecular weight excluding hydrogens is 438 g/mol. The quantitative estimate of drug-likeness (QED) is 0.273. The van der Waals surface area contributed by atoms with Crippen molar-refractivity contribution in [2.24, 2.45) is 0 Å². The molecule has 1 unspecified atom stereocenters. The maximum absolute atomic E-state index is 10.9. The number of aromatic nitrogens is 1. The van der Waals surface area contributed by atoms with Crippen molar-refractivity contribution >= 4 is 5.97 Å². The molecule has 1 N–H and O–H groups in total. The van der Waals surface area contributed by atoms with Crippen LogP contribution in [0.2, 0.25) is 0 Å². The molecule has 5 heteroatoms. The van der Waals surface area contributed by atoms with Crippen LogP contribution < -0.4 is 4.74 Å². The van der Waals surface area contributed by atoms with Crippen molar-refractivity contribution in [3.8, 4) is 28.3 Å². The van der Waals surface area contributed by atoms with Gasteiger partial charge in [0.1, 0.15) is 5.75 Å². The van der Waals surface area contributed by atoms with Crippen LogP contribution in [-0.4, -0.2) is 16.1 Å². The Hall–Kier alpha value is -3.86. The molecule has 3 aromatic carbocycles. The minimum atomic E-state index is -0.796. The molecule has 1 heterocycles. The number of ether oxygens (including phenoxy) is 1. The second-order valence-electron chi connectivity index (χ2n) is 9.11. The molecule has 0 aliphatic carbocycles. The van der Waals surface area contributed by atoms with Crippen molar-refractivity contribution < 1.29 is 19.1 Å². The predicted molar refractivity (Wildman–Crippen MR) is 138 cm³/mol. The molecule has 0 aliphatic heterocycles. The molecule has 5 nitrogen and oxygen atoms in total. The molecule has 4 rings (SSSR count). The average Bonchev–Trinajstić information content (AvgIpc) is 3.30. The van der Waals surface area contributed by atoms with Crippen LogP contribution >= 0.6 is 0 Å². The number of hydrogen-bond acceptors (Lipinski definition) is 4. The Morgan fingerprint density at radius 1 is 0.943 bits per heavy atom. The summed E-state index contributed by atoms with van der Waals surface area (Å²) in [4.78, 5) is 15.7. The summed E-state index contributed by atoms with van der Waals surface area (Å²) < 4.78 is 12.5. The van der Waals surface area contributed by atoms with E-state index in [0.29, 0.717) is 18.1 Å². The van der Waals surface area contributed by atoms with E-state index < -0.39 is 5.97 Å². The predicted octanol–water partition coefficient (Wildman–Crippen LogP) is 7.60. The van der Waals surface area contributed by atoms with Crippen LogP contribution in [0.1, 0.15) is 61.8 Å². The van der Waals surface area contributed by atoms with Gasteiger partial charge in [0.2, 0.25) is 5.89 Å². The summed E-state index contributed by atoms with van der Waals surface area (Å²) >= 11 is 0. The zero-order chi connectivity index (χ0) is 24.9. The Morgan fingerprint density at radius 3 is 2.23 bits per heavy atom. The Morgan fingerprint density at radius 2 is 1.60 bits per heavy atom. The summed E-state index contributed by atoms with van der Waals surface area (Å²) in [6.07, 6.45) is 0.285. The molecule has 1 atom stereocenters. The summed E-state index contributed by atoms with van der Waals surface area (Å²) in [5.41, 5.74) is 6.14. The maximum atomic E-state index is 10.9. The molecule has 180 valence electrons. The van der Waals surface area contributed by atoms with Crippen LogP contribution in [0.3, 0.4) is 0 Å². The van der Waals surface area contributed by atoms with Crippen LogP contribution in [0.15, 0.2) is 77.2 Å². The van der Waals surface area contributed by atoms with Crippen LogP contribution in [0.4, 0.5) is 0 Å². The number of aryl methyl sites for hydroxylation is 2. The lowest BCUT2D eigenvalue weighted by molar-refractivity contribution is -0.136. The molecule has 35 heavy (non-hydrogen) atoms. The van der Waals surface area contributed by atoms with Gasteiger partial charge in [-0.05, 0) is 72.7 Å². The summed E-state index contributed by atoms with van der Waals surface area (Å²) in [6.45, 7) is 8.12. The van der Waals surface area contributed by atoms with Crippen molar-refractivity contribution in [1.29, 1.82) is 0 Å². The van der Waals surface area contributed by atoms with Gasteiger partial charge in [-0.3, -0.25) is 4.79 Å². The standard InChI is InChI=1S/C30H31NO4/c1-19(2)28-29(21(4)34-26-16-14-22(20(3)18-26)15-17-27(32)33)35-30(31-28)25-12-10-24(11-13-25)23-8-6-5-7-9-23/h5-14,16,18-19,21H,15,17H2,1-4H3,(H,32,33). The number of aliphatic carboxylic acids is 1. The van der Waals surface area contributed by atoms with E-state index in [1.165, 1.54) is 5.56 Å². The van der Waals surface area contributed by atoms with Crippen molar-refractivity contribution in [1.82, 2.24) is 4.98 Å². The Balaban J connectivity index is 1.54. The zero-order valence-corrected chi connectivity index (χ0v) is 20.6. The topological polar surface area (TPSA) is 72.6 Å². The summed E-state index contributed by atoms with van der Waals surface area (Å²) in [6, 6.07) is 24.3. The highest BCUT2D eigenvalue weighted by molar-refractivity contribution is 5.68. The molecule has 0 fully saturated rings. The van der Waals surface area contributed by atoms with Crippen molar-refractivity contribution in [2.75, 3.05) is 0 Å². The third-order valence-corrected chi connectivity index (χ3v) is 6.07. The monoisotopic (exact) mass is 469 g/mol. The number of benzene rings is 3. The fourth-order valence-corrected chi connectivity index (χ4v) is 4.13. The van der Waals surface area contributed by atoms with Crippen LogP contribution in [0.5, 0.6) is 5.75 Å². The molecule has 0 aliphatic rings. The molecule has 0 saturated heterocycles. The fraction of sp³-hybridized carbons (Fsp3) is 0.267. The van der Waals surface area contributed by atoms with Gasteiger partial charge in [-0.1, -0.05) is 62.4 Å². The molecule has 1 aromatic heterocycles. The first-order valence-corrected chi connectivity index (χ1v) is 12.0. The number of carbonyl (C=O) groups is 1. The number of oxazole rings is 1. The zero-order valence-electron chi connectivity index (χ0n) is 20.6. The van der Waals surface area contributed by atoms with Gasteiger partial charge in [0.25, 0.3) is 0 Å². The molecule has 0 amide bonds. The Labute approximate surface area is 206 Å². The highest BCUT2D eigenvalue weighted by atomic mass is 16.5. The summed E-state index contributed by atoms with van der Waals surface area (Å²) in [5, 5.41) is 8.95. The van der Waals surface area contributed by atoms with Gasteiger partial charge < -0.3 is 14.3 Å². The molecule has 0 radical (unpaired) electrons. The van der Waals surface area contributed by atoms with Crippen molar-refractivity contribution in [3.63, 3.8) is 0 Å². The fourth-order valence-electron chi connectivity index (χ4n) is 4.13. The average molecular weight is 470 g/mol. The molecule has 4 aromatic rings. The first kappa shape index (κ1) is 24.3. The molecule has 0 saturated carbocycles. The van der Waals surface area contributed by atoms with E-state index in [9.17, 15) is 4.79 Å². The lowest BCUT2D eigenvalue weighted by Gasteiger charge is -2.16. The van der Waals surface area contributed by atoms with Gasteiger partial charge in [0.05, 0.1) is 5.69 Å². The van der Waals surface area contributed by atoms with Crippen LogP contribution in [0, 0.1) is 6.92 Å². The highest BCUT2D eigenvalue weighted by Crippen LogP contribution is 2.34. The van der Waals surface area contributed by atoms with Gasteiger partial charge in [0.15, 0.2) is 11.9 Å². The van der Waals surface area contributed by atoms with Gasteiger partial charge >= 0.3 is 5.97 Å². The highest BCUT2D eigenvalue weighted by Gasteiger charge is 2.23. The van der Waals surface area contributed by atoms with Crippen molar-refractivity contribution in [2.45, 2.75) is 52.6 Å². The Kier molecular flexibility index (Phi) is 7.35. The van der Waals surface area contributed by atoms with Crippen LogP contribution in [0.25, 0.3) is 22.6 Å². The largest absolute Gasteiger partial charge is 0.483 e. The van der Waals surface area contributed by atoms with Gasteiger partial charge in [-0.2, -0.15) is 0 Å². The lowest BCUT2D eigenvalue weighted by atomic mass is 10.0. The van der Waals surface area contributed by atoms with Gasteiger partial charge in [-0.25, -0.2) is 4.98 Å². The SMILES string of the molecule is Cc1cc(OC(C)c2oc(-c3ccc(-c4ccccc4)cc3)nc2C(C)C)ccc1CCC(=O)O. The summed E-state index contributed by atoms with van der Waals surface area (Å²) in [7, 11) is 0. The normalized spacial score (nSPS) is 12.0. The smallest absolute Gasteiger partial charge is 0.303 e. The molecule has 0 spiro atoms. The van der Waals surface area contributed by atoms with E-state index in [1.54, 1.807) is 0 Å². The second-order valence-corrected chi connectivity index (χ2v) is 9.11. The minimum absolute atomic E-state index is 0.113. The van der Waals surface area contributed by atoms with E-state index in [2.05, 4.69) is 38.1 Å². The lowest BCUT2D eigenvalue weighted by Crippen LogP contribution is -2.06. The summed E-state index contributed by atoms with van der Waals surface area (Å²) in [5.74, 6) is 1.40. The van der Waals surface area contributed by atoms with E-state index >= 15 is 0 Å². The van der Waals surface area contributed by atoms with E-state index in [0.717, 1.165) is 33.7 Å². The molecular formula is C30H31NO4. The number of carboxylic acid groups (broad SMARTS) is 1. The number of carboxylic acids is 1. The van der Waals surface area contributed by atoms with Crippen molar-refractivity contribution in [3.05, 3.63) is 95.4 Å². The first-order chi connectivity index (χ1) is 16.8. The number of hydrogen-bond donors (Lipinski definition) is 1. The third-order valence-electron chi connectivity index (χ3n) is 6.07.